The Morgan fingerprint density at radius 3 is 3.00 bits per heavy atom. The molecule has 1 atom stereocenters. The highest BCUT2D eigenvalue weighted by Crippen LogP contribution is 2.27. The van der Waals surface area contributed by atoms with E-state index in [1.807, 2.05) is 0 Å². The summed E-state index contributed by atoms with van der Waals surface area (Å²) in [6.07, 6.45) is 8.84. The van der Waals surface area contributed by atoms with E-state index in [1.165, 1.54) is 49.9 Å². The smallest absolute Gasteiger partial charge is 0.137 e. The van der Waals surface area contributed by atoms with Crippen molar-refractivity contribution in [3.8, 4) is 0 Å². The van der Waals surface area contributed by atoms with Gasteiger partial charge in [-0.3, -0.25) is 4.68 Å². The molecule has 0 aromatic carbocycles. The van der Waals surface area contributed by atoms with Crippen LogP contribution in [0.4, 0.5) is 0 Å². The maximum atomic E-state index is 4.79. The molecule has 0 saturated heterocycles. The zero-order valence-electron chi connectivity index (χ0n) is 10.9. The lowest BCUT2D eigenvalue weighted by Gasteiger charge is -2.31. The SMILES string of the molecule is BC1(C)CCCc2cc(CCCCC)nn21. The van der Waals surface area contributed by atoms with Crippen molar-refractivity contribution in [3.05, 3.63) is 17.5 Å². The fraction of sp³-hybridized carbons (Fsp3) is 0.769. The van der Waals surface area contributed by atoms with Gasteiger partial charge in [-0.2, -0.15) is 5.10 Å². The molecular weight excluding hydrogens is 195 g/mol. The maximum Gasteiger partial charge on any atom is 0.137 e. The lowest BCUT2D eigenvalue weighted by molar-refractivity contribution is 0.337. The molecular formula is C13H23BN2. The molecule has 0 saturated carbocycles. The standard InChI is InChI=1S/C13H23BN2/c1-3-4-5-7-11-10-12-8-6-9-13(2,14)16(12)15-11/h10H,3-9,14H2,1-2H3. The third-order valence-corrected chi connectivity index (χ3v) is 3.67. The summed E-state index contributed by atoms with van der Waals surface area (Å²) in [6, 6.07) is 2.33. The first-order chi connectivity index (χ1) is 7.63. The molecule has 0 radical (unpaired) electrons. The van der Waals surface area contributed by atoms with E-state index in [4.69, 9.17) is 5.10 Å². The Bertz CT molecular complexity index is 355. The van der Waals surface area contributed by atoms with Gasteiger partial charge in [0.15, 0.2) is 0 Å². The quantitative estimate of drug-likeness (QED) is 0.559. The van der Waals surface area contributed by atoms with Crippen LogP contribution in [0.3, 0.4) is 0 Å². The van der Waals surface area contributed by atoms with Crippen LogP contribution in [0, 0.1) is 0 Å². The van der Waals surface area contributed by atoms with Gasteiger partial charge in [0.1, 0.15) is 7.85 Å². The van der Waals surface area contributed by atoms with E-state index in [-0.39, 0.29) is 5.44 Å². The Labute approximate surface area is 99.8 Å². The Morgan fingerprint density at radius 2 is 2.31 bits per heavy atom. The highest BCUT2D eigenvalue weighted by atomic mass is 15.3. The van der Waals surface area contributed by atoms with Crippen LogP contribution < -0.4 is 0 Å². The third-order valence-electron chi connectivity index (χ3n) is 3.67. The van der Waals surface area contributed by atoms with Gasteiger partial charge in [0, 0.05) is 11.1 Å². The van der Waals surface area contributed by atoms with Crippen LogP contribution in [0.5, 0.6) is 0 Å². The molecule has 88 valence electrons. The van der Waals surface area contributed by atoms with Crippen molar-refractivity contribution in [2.75, 3.05) is 0 Å². The van der Waals surface area contributed by atoms with Crippen molar-refractivity contribution in [1.82, 2.24) is 9.78 Å². The molecule has 1 aromatic heterocycles. The number of nitrogens with zero attached hydrogens (tertiary/aromatic N) is 2. The number of rotatable bonds is 4. The molecule has 16 heavy (non-hydrogen) atoms. The van der Waals surface area contributed by atoms with Gasteiger partial charge < -0.3 is 0 Å². The molecule has 0 N–H and O–H groups in total. The zero-order valence-corrected chi connectivity index (χ0v) is 10.9. The second-order valence-corrected chi connectivity index (χ2v) is 5.66. The summed E-state index contributed by atoms with van der Waals surface area (Å²) in [5, 5.41) is 4.79. The first kappa shape index (κ1) is 11.8. The number of aromatic nitrogens is 2. The van der Waals surface area contributed by atoms with Crippen molar-refractivity contribution in [1.29, 1.82) is 0 Å². The Morgan fingerprint density at radius 1 is 1.50 bits per heavy atom. The summed E-state index contributed by atoms with van der Waals surface area (Å²) in [7, 11) is 2.30. The van der Waals surface area contributed by atoms with Gasteiger partial charge in [-0.25, -0.2) is 0 Å². The van der Waals surface area contributed by atoms with Crippen molar-refractivity contribution in [2.24, 2.45) is 0 Å². The number of unbranched alkanes of at least 4 members (excludes halogenated alkanes) is 2. The van der Waals surface area contributed by atoms with Crippen LogP contribution in [0.1, 0.15) is 57.3 Å². The van der Waals surface area contributed by atoms with Gasteiger partial charge in [-0.05, 0) is 45.1 Å². The maximum absolute atomic E-state index is 4.79. The Hall–Kier alpha value is -0.725. The topological polar surface area (TPSA) is 17.8 Å². The normalized spacial score (nSPS) is 24.4. The second kappa shape index (κ2) is 4.64. The monoisotopic (exact) mass is 218 g/mol. The molecule has 1 unspecified atom stereocenters. The van der Waals surface area contributed by atoms with Crippen LogP contribution in [0.2, 0.25) is 0 Å². The van der Waals surface area contributed by atoms with Crippen LogP contribution in [-0.4, -0.2) is 17.6 Å². The van der Waals surface area contributed by atoms with Crippen molar-refractivity contribution < 1.29 is 0 Å². The highest BCUT2D eigenvalue weighted by Gasteiger charge is 2.27. The molecule has 0 fully saturated rings. The number of fused-ring (bicyclic) bond motifs is 1. The van der Waals surface area contributed by atoms with Gasteiger partial charge in [0.2, 0.25) is 0 Å². The lowest BCUT2D eigenvalue weighted by atomic mass is 9.73. The first-order valence-electron chi connectivity index (χ1n) is 6.72. The van der Waals surface area contributed by atoms with Crippen molar-refractivity contribution in [3.63, 3.8) is 0 Å². The number of hydrogen-bond acceptors (Lipinski definition) is 1. The van der Waals surface area contributed by atoms with E-state index in [9.17, 15) is 0 Å². The summed E-state index contributed by atoms with van der Waals surface area (Å²) in [4.78, 5) is 0. The van der Waals surface area contributed by atoms with E-state index in [2.05, 4.69) is 32.4 Å². The predicted octanol–water partition coefficient (Wildman–Crippen LogP) is 2.26. The van der Waals surface area contributed by atoms with E-state index in [0.717, 1.165) is 6.42 Å². The largest absolute Gasteiger partial charge is 0.272 e. The average molecular weight is 218 g/mol. The molecule has 1 aliphatic heterocycles. The van der Waals surface area contributed by atoms with E-state index in [0.29, 0.717) is 0 Å². The minimum absolute atomic E-state index is 0.233. The molecule has 1 aliphatic rings. The van der Waals surface area contributed by atoms with Gasteiger partial charge in [0.05, 0.1) is 5.69 Å². The van der Waals surface area contributed by atoms with Crippen LogP contribution in [0.15, 0.2) is 6.07 Å². The predicted molar refractivity (Wildman–Crippen MR) is 70.6 cm³/mol. The minimum atomic E-state index is 0.233. The summed E-state index contributed by atoms with van der Waals surface area (Å²) in [5.74, 6) is 0. The molecule has 0 spiro atoms. The Balaban J connectivity index is 2.10. The van der Waals surface area contributed by atoms with Crippen LogP contribution in [-0.2, 0) is 18.3 Å². The Kier molecular flexibility index (Phi) is 3.41. The summed E-state index contributed by atoms with van der Waals surface area (Å²) in [6.45, 7) is 4.56. The number of hydrogen-bond donors (Lipinski definition) is 0. The van der Waals surface area contributed by atoms with Crippen LogP contribution >= 0.6 is 0 Å². The molecule has 0 bridgehead atoms. The zero-order chi connectivity index (χ0) is 11.6. The van der Waals surface area contributed by atoms with Crippen molar-refractivity contribution in [2.45, 2.75) is 64.2 Å². The van der Waals surface area contributed by atoms with Crippen molar-refractivity contribution >= 4 is 7.85 Å². The van der Waals surface area contributed by atoms with Gasteiger partial charge in [-0.15, -0.1) is 0 Å². The molecule has 0 aliphatic carbocycles. The minimum Gasteiger partial charge on any atom is -0.272 e. The fourth-order valence-corrected chi connectivity index (χ4v) is 2.66. The lowest BCUT2D eigenvalue weighted by Crippen LogP contribution is -2.36. The molecule has 3 heteroatoms. The summed E-state index contributed by atoms with van der Waals surface area (Å²) in [5.41, 5.74) is 2.98. The van der Waals surface area contributed by atoms with Crippen LogP contribution in [0.25, 0.3) is 0 Å². The fourth-order valence-electron chi connectivity index (χ4n) is 2.66. The van der Waals surface area contributed by atoms with E-state index in [1.54, 1.807) is 0 Å². The third kappa shape index (κ3) is 2.33. The summed E-state index contributed by atoms with van der Waals surface area (Å²) >= 11 is 0. The average Bonchev–Trinajstić information content (AvgIpc) is 2.62. The molecule has 2 heterocycles. The first-order valence-corrected chi connectivity index (χ1v) is 6.72. The molecule has 2 rings (SSSR count). The summed E-state index contributed by atoms with van der Waals surface area (Å²) < 4.78 is 2.28. The van der Waals surface area contributed by atoms with Gasteiger partial charge >= 0.3 is 0 Å². The van der Waals surface area contributed by atoms with Gasteiger partial charge in [0.25, 0.3) is 0 Å². The van der Waals surface area contributed by atoms with E-state index >= 15 is 0 Å². The van der Waals surface area contributed by atoms with Gasteiger partial charge in [-0.1, -0.05) is 19.8 Å². The molecule has 2 nitrogen and oxygen atoms in total. The molecule has 0 amide bonds. The second-order valence-electron chi connectivity index (χ2n) is 5.66. The number of aryl methyl sites for hydroxylation is 2. The van der Waals surface area contributed by atoms with E-state index < -0.39 is 0 Å². The highest BCUT2D eigenvalue weighted by molar-refractivity contribution is 6.13. The molecule has 1 aromatic rings.